The molecule has 4 heterocycles. The largest absolute Gasteiger partial charge is 0.497 e. The van der Waals surface area contributed by atoms with Gasteiger partial charge in [0.1, 0.15) is 11.5 Å². The maximum atomic E-state index is 13.8. The number of methoxy groups -OCH3 is 2. The summed E-state index contributed by atoms with van der Waals surface area (Å²) in [4.78, 5) is 4.54. The molecular weight excluding hydrogens is 681 g/mol. The molecule has 16 heteroatoms. The van der Waals surface area contributed by atoms with Gasteiger partial charge in [0, 0.05) is 51.4 Å². The lowest BCUT2D eigenvalue weighted by molar-refractivity contribution is 0.167. The van der Waals surface area contributed by atoms with Crippen molar-refractivity contribution in [3.05, 3.63) is 83.2 Å². The number of nitrogens with two attached hydrogens (primary N) is 1. The quantitative estimate of drug-likeness (QED) is 0.193. The molecule has 2 fully saturated rings. The Morgan fingerprint density at radius 1 is 0.680 bits per heavy atom. The summed E-state index contributed by atoms with van der Waals surface area (Å²) in [6.45, 7) is 11.3. The highest BCUT2D eigenvalue weighted by Gasteiger charge is 2.30. The number of aryl methyl sites for hydroxylation is 2. The maximum Gasteiger partial charge on any atom is 0.263 e. The highest BCUT2D eigenvalue weighted by Crippen LogP contribution is 2.25. The van der Waals surface area contributed by atoms with Crippen LogP contribution in [0.3, 0.4) is 0 Å². The Labute approximate surface area is 295 Å². The van der Waals surface area contributed by atoms with Crippen LogP contribution in [0.15, 0.2) is 70.7 Å². The molecule has 0 spiro atoms. The van der Waals surface area contributed by atoms with Crippen molar-refractivity contribution in [2.45, 2.75) is 76.0 Å². The molecule has 2 aromatic heterocycles. The van der Waals surface area contributed by atoms with E-state index in [1.54, 1.807) is 35.7 Å². The number of hydrogen-bond acceptors (Lipinski definition) is 10. The van der Waals surface area contributed by atoms with Crippen LogP contribution in [-0.2, 0) is 59.3 Å². The van der Waals surface area contributed by atoms with Crippen molar-refractivity contribution >= 4 is 20.0 Å². The first-order valence-corrected chi connectivity index (χ1v) is 19.8. The van der Waals surface area contributed by atoms with E-state index in [9.17, 15) is 16.8 Å². The topological polar surface area (TPSA) is 158 Å². The summed E-state index contributed by atoms with van der Waals surface area (Å²) in [5.74, 6) is 1.45. The summed E-state index contributed by atoms with van der Waals surface area (Å²) in [6, 6.07) is 18.2. The summed E-state index contributed by atoms with van der Waals surface area (Å²) in [6.07, 6.45) is 2.39. The first kappa shape index (κ1) is 37.5. The van der Waals surface area contributed by atoms with Crippen molar-refractivity contribution in [2.75, 3.05) is 40.4 Å². The Morgan fingerprint density at radius 2 is 1.08 bits per heavy atom. The van der Waals surface area contributed by atoms with Crippen molar-refractivity contribution in [1.29, 1.82) is 0 Å². The fraction of sp³-hybridized carbons (Fsp3) is 0.471. The van der Waals surface area contributed by atoms with Crippen LogP contribution in [0.2, 0.25) is 0 Å². The molecular formula is C34H48N8O6S2. The molecule has 2 saturated heterocycles. The number of ether oxygens (including phenoxy) is 2. The number of likely N-dealkylation sites (tertiary alicyclic amines) is 2. The number of rotatable bonds is 15. The third kappa shape index (κ3) is 9.30. The van der Waals surface area contributed by atoms with E-state index in [4.69, 9.17) is 14.6 Å². The smallest absolute Gasteiger partial charge is 0.263 e. The summed E-state index contributed by atoms with van der Waals surface area (Å²) in [5, 5.41) is 13.6. The zero-order valence-corrected chi connectivity index (χ0v) is 30.9. The van der Waals surface area contributed by atoms with Gasteiger partial charge >= 0.3 is 0 Å². The minimum Gasteiger partial charge on any atom is -0.497 e. The molecule has 2 aliphatic rings. The number of sulfonamides is 2. The molecule has 4 aromatic rings. The third-order valence-electron chi connectivity index (χ3n) is 8.88. The second kappa shape index (κ2) is 16.5. The Balaban J connectivity index is 0.000000253. The van der Waals surface area contributed by atoms with Crippen molar-refractivity contribution in [1.82, 2.24) is 33.7 Å². The highest BCUT2D eigenvalue weighted by molar-refractivity contribution is 7.89. The molecule has 0 radical (unpaired) electrons. The first-order chi connectivity index (χ1) is 23.9. The van der Waals surface area contributed by atoms with E-state index in [0.717, 1.165) is 66.7 Å². The van der Waals surface area contributed by atoms with Crippen LogP contribution in [0, 0.1) is 0 Å². The van der Waals surface area contributed by atoms with Crippen LogP contribution < -0.4 is 14.6 Å². The molecule has 50 heavy (non-hydrogen) atoms. The zero-order valence-electron chi connectivity index (χ0n) is 29.2. The van der Waals surface area contributed by atoms with Gasteiger partial charge in [-0.2, -0.15) is 14.5 Å². The molecule has 0 atom stereocenters. The summed E-state index contributed by atoms with van der Waals surface area (Å²) < 4.78 is 65.4. The summed E-state index contributed by atoms with van der Waals surface area (Å²) in [7, 11) is -4.32. The molecule has 0 unspecified atom stereocenters. The number of benzene rings is 2. The van der Waals surface area contributed by atoms with Crippen molar-refractivity contribution in [3.63, 3.8) is 0 Å². The Hall–Kier alpha value is -3.80. The Morgan fingerprint density at radius 3 is 1.42 bits per heavy atom. The zero-order chi connectivity index (χ0) is 35.9. The monoisotopic (exact) mass is 728 g/mol. The molecule has 0 bridgehead atoms. The molecule has 14 nitrogen and oxygen atoms in total. The van der Waals surface area contributed by atoms with Crippen LogP contribution in [0.5, 0.6) is 11.5 Å². The molecule has 2 aliphatic heterocycles. The molecule has 2 N–H and O–H groups in total. The van der Waals surface area contributed by atoms with Crippen LogP contribution in [0.4, 0.5) is 0 Å². The van der Waals surface area contributed by atoms with E-state index in [1.165, 1.54) is 17.1 Å². The second-order valence-electron chi connectivity index (χ2n) is 12.4. The van der Waals surface area contributed by atoms with Gasteiger partial charge in [0.05, 0.1) is 25.6 Å². The molecule has 0 aliphatic carbocycles. The van der Waals surface area contributed by atoms with Gasteiger partial charge in [-0.15, -0.1) is 0 Å². The fourth-order valence-electron chi connectivity index (χ4n) is 5.69. The molecule has 2 aromatic carbocycles. The van der Waals surface area contributed by atoms with E-state index in [1.807, 2.05) is 62.4 Å². The third-order valence-corrected chi connectivity index (χ3v) is 11.3. The standard InChI is InChI=1S/C25H32N4O4S.C9H16N4O2S/c1-4-29-22(19-27-14-5-15-27)16-25(26-29)34(30,31)28(17-20-6-10-23(32-2)11-7-20)18-21-8-12-24(33-3)13-9-21;1-2-13-8(7-12-4-3-5-12)6-9(11-13)16(10,14)15/h6-13,16H,4-5,14-15,17-19H2,1-3H3;6H,2-5,7H2,1H3,(H2,10,14,15). The lowest BCUT2D eigenvalue weighted by atomic mass is 10.2. The van der Waals surface area contributed by atoms with E-state index in [0.29, 0.717) is 19.6 Å². The first-order valence-electron chi connectivity index (χ1n) is 16.8. The van der Waals surface area contributed by atoms with Crippen LogP contribution in [-0.4, -0.2) is 90.9 Å². The lowest BCUT2D eigenvalue weighted by Crippen LogP contribution is -2.36. The van der Waals surface area contributed by atoms with Crippen LogP contribution in [0.1, 0.15) is 49.2 Å². The van der Waals surface area contributed by atoms with E-state index in [2.05, 4.69) is 20.0 Å². The van der Waals surface area contributed by atoms with Gasteiger partial charge in [-0.25, -0.2) is 22.0 Å². The normalized spacial score (nSPS) is 15.2. The van der Waals surface area contributed by atoms with Crippen molar-refractivity contribution < 1.29 is 26.3 Å². The van der Waals surface area contributed by atoms with Gasteiger partial charge in [0.25, 0.3) is 20.0 Å². The number of nitrogens with zero attached hydrogens (tertiary/aromatic N) is 7. The average Bonchev–Trinajstić information content (AvgIpc) is 3.70. The molecule has 6 rings (SSSR count). The van der Waals surface area contributed by atoms with E-state index in [-0.39, 0.29) is 23.1 Å². The van der Waals surface area contributed by atoms with Gasteiger partial charge in [-0.3, -0.25) is 19.2 Å². The minimum atomic E-state index is -3.84. The predicted octanol–water partition coefficient (Wildman–Crippen LogP) is 3.27. The van der Waals surface area contributed by atoms with Crippen molar-refractivity contribution in [3.8, 4) is 11.5 Å². The molecule has 0 amide bonds. The van der Waals surface area contributed by atoms with Gasteiger partial charge in [0.2, 0.25) is 0 Å². The highest BCUT2D eigenvalue weighted by atomic mass is 32.2. The maximum absolute atomic E-state index is 13.8. The Kier molecular flexibility index (Phi) is 12.3. The van der Waals surface area contributed by atoms with Gasteiger partial charge < -0.3 is 9.47 Å². The molecule has 272 valence electrons. The van der Waals surface area contributed by atoms with E-state index >= 15 is 0 Å². The predicted molar refractivity (Wildman–Crippen MR) is 189 cm³/mol. The number of hydrogen-bond donors (Lipinski definition) is 1. The minimum absolute atomic E-state index is 0.0372. The van der Waals surface area contributed by atoms with Crippen LogP contribution in [0.25, 0.3) is 0 Å². The van der Waals surface area contributed by atoms with Crippen molar-refractivity contribution in [2.24, 2.45) is 5.14 Å². The number of primary sulfonamides is 1. The average molecular weight is 729 g/mol. The van der Waals surface area contributed by atoms with Gasteiger partial charge in [0.15, 0.2) is 10.1 Å². The second-order valence-corrected chi connectivity index (χ2v) is 15.7. The fourth-order valence-corrected chi connectivity index (χ4v) is 7.59. The van der Waals surface area contributed by atoms with E-state index < -0.39 is 20.0 Å². The van der Waals surface area contributed by atoms with Gasteiger partial charge in [-0.05, 0) is 88.3 Å². The SMILES string of the molecule is CCn1nc(S(=O)(=O)N(Cc2ccc(OC)cc2)Cc2ccc(OC)cc2)cc1CN1CCC1.CCn1nc(S(N)(=O)=O)cc1CN1CCC1. The lowest BCUT2D eigenvalue weighted by Gasteiger charge is -2.30. The Bertz CT molecular complexity index is 1870. The molecule has 0 saturated carbocycles. The summed E-state index contributed by atoms with van der Waals surface area (Å²) >= 11 is 0. The summed E-state index contributed by atoms with van der Waals surface area (Å²) in [5.41, 5.74) is 3.57. The number of aromatic nitrogens is 4. The van der Waals surface area contributed by atoms with Crippen LogP contribution >= 0.6 is 0 Å². The van der Waals surface area contributed by atoms with Gasteiger partial charge in [-0.1, -0.05) is 24.3 Å².